The minimum atomic E-state index is -0.351. The fourth-order valence-electron chi connectivity index (χ4n) is 2.42. The zero-order valence-corrected chi connectivity index (χ0v) is 13.9. The van der Waals surface area contributed by atoms with Gasteiger partial charge >= 0.3 is 5.97 Å². The van der Waals surface area contributed by atoms with Crippen LogP contribution in [0.5, 0.6) is 5.75 Å². The van der Waals surface area contributed by atoms with Crippen LogP contribution in [-0.2, 0) is 9.53 Å². The molecular formula is C21H24O3. The number of hydrogen-bond donors (Lipinski definition) is 0. The van der Waals surface area contributed by atoms with Gasteiger partial charge in [-0.25, -0.2) is 4.79 Å². The van der Waals surface area contributed by atoms with Crippen LogP contribution >= 0.6 is 0 Å². The maximum Gasteiger partial charge on any atom is 0.330 e. The van der Waals surface area contributed by atoms with Gasteiger partial charge in [0.15, 0.2) is 0 Å². The molecule has 2 aromatic carbocycles. The van der Waals surface area contributed by atoms with Gasteiger partial charge in [0, 0.05) is 11.6 Å². The summed E-state index contributed by atoms with van der Waals surface area (Å²) in [6.07, 6.45) is 5.13. The van der Waals surface area contributed by atoms with Crippen LogP contribution < -0.4 is 4.74 Å². The molecule has 0 spiro atoms. The number of carbonyl (C=O) groups excluding carboxylic acids is 1. The molecule has 0 amide bonds. The Kier molecular flexibility index (Phi) is 7.61. The Morgan fingerprint density at radius 2 is 1.54 bits per heavy atom. The van der Waals surface area contributed by atoms with Gasteiger partial charge in [-0.05, 0) is 37.3 Å². The number of hydrogen-bond acceptors (Lipinski definition) is 3. The number of esters is 1. The topological polar surface area (TPSA) is 35.5 Å². The van der Waals surface area contributed by atoms with Gasteiger partial charge in [-0.1, -0.05) is 55.1 Å². The maximum atomic E-state index is 10.9. The number of para-hydroxylation sites is 1. The predicted molar refractivity (Wildman–Crippen MR) is 97.0 cm³/mol. The van der Waals surface area contributed by atoms with Crippen molar-refractivity contribution in [3.05, 3.63) is 67.3 Å². The second kappa shape index (κ2) is 10.3. The molecule has 0 unspecified atom stereocenters. The van der Waals surface area contributed by atoms with Crippen molar-refractivity contribution in [3.8, 4) is 16.9 Å². The number of ether oxygens (including phenoxy) is 2. The molecule has 0 aliphatic carbocycles. The first-order valence-electron chi connectivity index (χ1n) is 8.37. The van der Waals surface area contributed by atoms with Gasteiger partial charge in [-0.2, -0.15) is 0 Å². The molecule has 0 atom stereocenters. The van der Waals surface area contributed by atoms with Crippen molar-refractivity contribution in [3.63, 3.8) is 0 Å². The van der Waals surface area contributed by atoms with Crippen molar-refractivity contribution in [2.45, 2.75) is 25.7 Å². The number of carbonyl (C=O) groups is 1. The van der Waals surface area contributed by atoms with Crippen molar-refractivity contribution in [2.24, 2.45) is 0 Å². The Morgan fingerprint density at radius 1 is 0.875 bits per heavy atom. The molecule has 24 heavy (non-hydrogen) atoms. The first-order valence-corrected chi connectivity index (χ1v) is 8.37. The minimum Gasteiger partial charge on any atom is -0.493 e. The first-order chi connectivity index (χ1) is 11.8. The molecule has 2 aromatic rings. The summed E-state index contributed by atoms with van der Waals surface area (Å²) < 4.78 is 10.9. The summed E-state index contributed by atoms with van der Waals surface area (Å²) in [5.74, 6) is 0.569. The largest absolute Gasteiger partial charge is 0.493 e. The highest BCUT2D eigenvalue weighted by atomic mass is 16.5. The normalized spacial score (nSPS) is 10.2. The van der Waals surface area contributed by atoms with E-state index in [1.165, 1.54) is 6.08 Å². The lowest BCUT2D eigenvalue weighted by atomic mass is 10.1. The standard InChI is InChI=1S/C21H24O3/c1-2-21(22)24-17-11-4-3-10-16-23-20-15-9-8-14-19(20)18-12-6-5-7-13-18/h2,5-9,12-15H,1,3-4,10-11,16-17H2. The fraction of sp³-hybridized carbons (Fsp3) is 0.286. The van der Waals surface area contributed by atoms with Gasteiger partial charge in [-0.3, -0.25) is 0 Å². The molecule has 0 saturated carbocycles. The number of unbranched alkanes of at least 4 members (excludes halogenated alkanes) is 3. The first kappa shape index (κ1) is 17.8. The highest BCUT2D eigenvalue weighted by Crippen LogP contribution is 2.29. The summed E-state index contributed by atoms with van der Waals surface area (Å²) in [4.78, 5) is 10.9. The lowest BCUT2D eigenvalue weighted by molar-refractivity contribution is -0.137. The molecule has 0 aliphatic rings. The molecule has 0 fully saturated rings. The van der Waals surface area contributed by atoms with E-state index >= 15 is 0 Å². The van der Waals surface area contributed by atoms with Gasteiger partial charge < -0.3 is 9.47 Å². The van der Waals surface area contributed by atoms with Gasteiger partial charge in [0.2, 0.25) is 0 Å². The highest BCUT2D eigenvalue weighted by Gasteiger charge is 2.05. The van der Waals surface area contributed by atoms with E-state index in [9.17, 15) is 4.79 Å². The lowest BCUT2D eigenvalue weighted by Crippen LogP contribution is -2.02. The quantitative estimate of drug-likeness (QED) is 0.350. The van der Waals surface area contributed by atoms with Crippen LogP contribution in [0.1, 0.15) is 25.7 Å². The van der Waals surface area contributed by atoms with Crippen LogP contribution in [0.2, 0.25) is 0 Å². The van der Waals surface area contributed by atoms with E-state index in [-0.39, 0.29) is 5.97 Å². The van der Waals surface area contributed by atoms with E-state index in [1.807, 2.05) is 36.4 Å². The Balaban J connectivity index is 1.70. The summed E-state index contributed by atoms with van der Waals surface area (Å²) >= 11 is 0. The summed E-state index contributed by atoms with van der Waals surface area (Å²) in [5.41, 5.74) is 2.28. The fourth-order valence-corrected chi connectivity index (χ4v) is 2.42. The molecule has 0 radical (unpaired) electrons. The zero-order valence-electron chi connectivity index (χ0n) is 13.9. The van der Waals surface area contributed by atoms with E-state index in [0.29, 0.717) is 13.2 Å². The molecule has 0 heterocycles. The van der Waals surface area contributed by atoms with Crippen molar-refractivity contribution in [2.75, 3.05) is 13.2 Å². The predicted octanol–water partition coefficient (Wildman–Crippen LogP) is 5.02. The van der Waals surface area contributed by atoms with Gasteiger partial charge in [0.25, 0.3) is 0 Å². The molecule has 126 valence electrons. The zero-order chi connectivity index (χ0) is 17.0. The molecule has 0 bridgehead atoms. The van der Waals surface area contributed by atoms with Crippen molar-refractivity contribution < 1.29 is 14.3 Å². The van der Waals surface area contributed by atoms with Gasteiger partial charge in [-0.15, -0.1) is 0 Å². The average molecular weight is 324 g/mol. The van der Waals surface area contributed by atoms with Crippen LogP contribution in [0.25, 0.3) is 11.1 Å². The van der Waals surface area contributed by atoms with Crippen molar-refractivity contribution >= 4 is 5.97 Å². The third kappa shape index (κ3) is 5.92. The van der Waals surface area contributed by atoms with Gasteiger partial charge in [0.05, 0.1) is 13.2 Å². The third-order valence-corrected chi connectivity index (χ3v) is 3.68. The summed E-state index contributed by atoms with van der Waals surface area (Å²) in [6, 6.07) is 18.4. The number of benzene rings is 2. The molecule has 2 rings (SSSR count). The molecule has 0 saturated heterocycles. The summed E-state index contributed by atoms with van der Waals surface area (Å²) in [6.45, 7) is 4.52. The van der Waals surface area contributed by atoms with Crippen LogP contribution in [0.15, 0.2) is 67.3 Å². The molecule has 0 aromatic heterocycles. The van der Waals surface area contributed by atoms with Crippen molar-refractivity contribution in [1.29, 1.82) is 0 Å². The second-order valence-electron chi connectivity index (χ2n) is 5.50. The van der Waals surface area contributed by atoms with Crippen LogP contribution in [0.3, 0.4) is 0 Å². The monoisotopic (exact) mass is 324 g/mol. The van der Waals surface area contributed by atoms with E-state index in [1.54, 1.807) is 0 Å². The Hall–Kier alpha value is -2.55. The molecular weight excluding hydrogens is 300 g/mol. The SMILES string of the molecule is C=CC(=O)OCCCCCCOc1ccccc1-c1ccccc1. The van der Waals surface area contributed by atoms with E-state index in [2.05, 4.69) is 24.8 Å². The molecule has 3 heteroatoms. The molecule has 3 nitrogen and oxygen atoms in total. The number of rotatable bonds is 10. The second-order valence-corrected chi connectivity index (χ2v) is 5.50. The minimum absolute atomic E-state index is 0.351. The van der Waals surface area contributed by atoms with E-state index in [4.69, 9.17) is 9.47 Å². The third-order valence-electron chi connectivity index (χ3n) is 3.68. The Morgan fingerprint density at radius 3 is 2.29 bits per heavy atom. The molecule has 0 aliphatic heterocycles. The van der Waals surface area contributed by atoms with E-state index < -0.39 is 0 Å². The smallest absolute Gasteiger partial charge is 0.330 e. The average Bonchev–Trinajstić information content (AvgIpc) is 2.64. The van der Waals surface area contributed by atoms with Crippen LogP contribution in [-0.4, -0.2) is 19.2 Å². The Bertz CT molecular complexity index is 635. The van der Waals surface area contributed by atoms with Crippen LogP contribution in [0.4, 0.5) is 0 Å². The van der Waals surface area contributed by atoms with Gasteiger partial charge in [0.1, 0.15) is 5.75 Å². The van der Waals surface area contributed by atoms with Crippen molar-refractivity contribution in [1.82, 2.24) is 0 Å². The van der Waals surface area contributed by atoms with Crippen LogP contribution in [0, 0.1) is 0 Å². The summed E-state index contributed by atoms with van der Waals surface area (Å²) in [7, 11) is 0. The van der Waals surface area contributed by atoms with E-state index in [0.717, 1.165) is 42.6 Å². The summed E-state index contributed by atoms with van der Waals surface area (Å²) in [5, 5.41) is 0. The lowest BCUT2D eigenvalue weighted by Gasteiger charge is -2.11. The molecule has 0 N–H and O–H groups in total. The highest BCUT2D eigenvalue weighted by molar-refractivity contribution is 5.81. The Labute approximate surface area is 143 Å². The maximum absolute atomic E-state index is 10.9.